The van der Waals surface area contributed by atoms with Crippen LogP contribution >= 0.6 is 0 Å². The highest BCUT2D eigenvalue weighted by Crippen LogP contribution is 2.06. The van der Waals surface area contributed by atoms with E-state index >= 15 is 0 Å². The van der Waals surface area contributed by atoms with Crippen LogP contribution in [0.3, 0.4) is 0 Å². The minimum absolute atomic E-state index is 0.235. The van der Waals surface area contributed by atoms with Crippen LogP contribution in [0, 0.1) is 0 Å². The molecule has 0 unspecified atom stereocenters. The third-order valence-corrected chi connectivity index (χ3v) is 1.48. The van der Waals surface area contributed by atoms with Crippen molar-refractivity contribution in [3.63, 3.8) is 0 Å². The minimum Gasteiger partial charge on any atom is -0.449 e. The Morgan fingerprint density at radius 2 is 2.00 bits per heavy atom. The van der Waals surface area contributed by atoms with Gasteiger partial charge in [0.1, 0.15) is 5.76 Å². The molecule has 0 fully saturated rings. The number of carboxylic acid groups (broad SMARTS) is 1. The van der Waals surface area contributed by atoms with Gasteiger partial charge in [0.2, 0.25) is 0 Å². The van der Waals surface area contributed by atoms with E-state index in [1.165, 1.54) is 0 Å². The van der Waals surface area contributed by atoms with Crippen molar-refractivity contribution < 1.29 is 14.6 Å². The molecule has 0 aliphatic rings. The zero-order valence-corrected chi connectivity index (χ0v) is 7.06. The quantitative estimate of drug-likeness (QED) is 0.571. The maximum atomic E-state index is 10.1. The molecule has 0 aromatic heterocycles. The largest absolute Gasteiger partial charge is 0.511 e. The molecule has 0 spiro atoms. The van der Waals surface area contributed by atoms with Crippen molar-refractivity contribution in [2.75, 3.05) is 0 Å². The molecule has 13 heavy (non-hydrogen) atoms. The van der Waals surface area contributed by atoms with Crippen LogP contribution in [0.5, 0.6) is 0 Å². The molecule has 0 saturated heterocycles. The summed E-state index contributed by atoms with van der Waals surface area (Å²) in [6.07, 6.45) is -0.895. The molecule has 0 radical (unpaired) electrons. The van der Waals surface area contributed by atoms with Crippen molar-refractivity contribution in [3.8, 4) is 0 Å². The van der Waals surface area contributed by atoms with E-state index in [0.717, 1.165) is 5.56 Å². The Morgan fingerprint density at radius 3 is 2.54 bits per heavy atom. The van der Waals surface area contributed by atoms with Gasteiger partial charge in [0.15, 0.2) is 0 Å². The molecule has 1 N–H and O–H groups in total. The number of carbonyl (C=O) groups is 1. The Bertz CT molecular complexity index is 303. The van der Waals surface area contributed by atoms with Crippen LogP contribution in [0.2, 0.25) is 0 Å². The lowest BCUT2D eigenvalue weighted by molar-refractivity contribution is 0.117. The number of allylic oxidation sites excluding steroid dienone is 1. The highest BCUT2D eigenvalue weighted by Gasteiger charge is 2.02. The molecule has 1 aromatic carbocycles. The molecule has 1 rings (SSSR count). The predicted octanol–water partition coefficient (Wildman–Crippen LogP) is 2.44. The lowest BCUT2D eigenvalue weighted by Crippen LogP contribution is -2.01. The topological polar surface area (TPSA) is 46.5 Å². The zero-order valence-electron chi connectivity index (χ0n) is 7.06. The molecule has 3 heteroatoms. The summed E-state index contributed by atoms with van der Waals surface area (Å²) in [6, 6.07) is 9.42. The molecule has 0 aliphatic heterocycles. The van der Waals surface area contributed by atoms with Gasteiger partial charge >= 0.3 is 6.16 Å². The number of rotatable bonds is 3. The van der Waals surface area contributed by atoms with Gasteiger partial charge in [-0.2, -0.15) is 0 Å². The average Bonchev–Trinajstić information content (AvgIpc) is 2.04. The van der Waals surface area contributed by atoms with Crippen LogP contribution in [-0.4, -0.2) is 11.3 Å². The molecule has 0 atom stereocenters. The summed E-state index contributed by atoms with van der Waals surface area (Å²) in [4.78, 5) is 10.1. The first-order valence-electron chi connectivity index (χ1n) is 3.81. The van der Waals surface area contributed by atoms with Gasteiger partial charge in [-0.05, 0) is 5.56 Å². The fourth-order valence-corrected chi connectivity index (χ4v) is 0.983. The Balaban J connectivity index is 2.50. The van der Waals surface area contributed by atoms with Crippen molar-refractivity contribution in [1.82, 2.24) is 0 Å². The number of hydrogen-bond acceptors (Lipinski definition) is 2. The first-order chi connectivity index (χ1) is 6.18. The standard InChI is InChI=1S/C10H10O3/c1-8(13-10(11)12)7-9-5-3-2-4-6-9/h2-6H,1,7H2,(H,11,12). The maximum absolute atomic E-state index is 10.1. The van der Waals surface area contributed by atoms with Crippen molar-refractivity contribution in [2.24, 2.45) is 0 Å². The summed E-state index contributed by atoms with van der Waals surface area (Å²) in [5.74, 6) is 0.235. The summed E-state index contributed by atoms with van der Waals surface area (Å²) in [7, 11) is 0. The SMILES string of the molecule is C=C(Cc1ccccc1)OC(=O)O. The van der Waals surface area contributed by atoms with E-state index in [2.05, 4.69) is 11.3 Å². The molecule has 68 valence electrons. The zero-order chi connectivity index (χ0) is 9.68. The predicted molar refractivity (Wildman–Crippen MR) is 48.4 cm³/mol. The van der Waals surface area contributed by atoms with Gasteiger partial charge in [0.05, 0.1) is 0 Å². The van der Waals surface area contributed by atoms with Gasteiger partial charge in [-0.15, -0.1) is 0 Å². The van der Waals surface area contributed by atoms with Crippen LogP contribution < -0.4 is 0 Å². The fraction of sp³-hybridized carbons (Fsp3) is 0.100. The molecule has 0 bridgehead atoms. The van der Waals surface area contributed by atoms with Crippen LogP contribution in [0.25, 0.3) is 0 Å². The highest BCUT2D eigenvalue weighted by molar-refractivity contribution is 5.58. The molecule has 0 saturated carbocycles. The van der Waals surface area contributed by atoms with E-state index in [9.17, 15) is 4.79 Å². The lowest BCUT2D eigenvalue weighted by atomic mass is 10.1. The summed E-state index contributed by atoms with van der Waals surface area (Å²) in [6.45, 7) is 3.49. The van der Waals surface area contributed by atoms with E-state index < -0.39 is 6.16 Å². The summed E-state index contributed by atoms with van der Waals surface area (Å²) in [5, 5.41) is 8.28. The second-order valence-corrected chi connectivity index (χ2v) is 2.57. The van der Waals surface area contributed by atoms with Crippen molar-refractivity contribution in [3.05, 3.63) is 48.2 Å². The Morgan fingerprint density at radius 1 is 1.38 bits per heavy atom. The third kappa shape index (κ3) is 3.42. The summed E-state index contributed by atoms with van der Waals surface area (Å²) >= 11 is 0. The van der Waals surface area contributed by atoms with Crippen LogP contribution in [0.1, 0.15) is 5.56 Å². The third-order valence-electron chi connectivity index (χ3n) is 1.48. The fourth-order valence-electron chi connectivity index (χ4n) is 0.983. The summed E-state index contributed by atoms with van der Waals surface area (Å²) < 4.78 is 4.38. The maximum Gasteiger partial charge on any atom is 0.511 e. The molecule has 0 aliphatic carbocycles. The van der Waals surface area contributed by atoms with Crippen LogP contribution in [0.15, 0.2) is 42.7 Å². The van der Waals surface area contributed by atoms with E-state index in [1.54, 1.807) is 0 Å². The molecule has 0 amide bonds. The first-order valence-corrected chi connectivity index (χ1v) is 3.81. The number of benzene rings is 1. The molecular formula is C10H10O3. The van der Waals surface area contributed by atoms with E-state index in [1.807, 2.05) is 30.3 Å². The second kappa shape index (κ2) is 4.30. The molecular weight excluding hydrogens is 168 g/mol. The number of hydrogen-bond donors (Lipinski definition) is 1. The first kappa shape index (κ1) is 9.32. The molecule has 0 heterocycles. The van der Waals surface area contributed by atoms with Gasteiger partial charge in [-0.3, -0.25) is 0 Å². The van der Waals surface area contributed by atoms with E-state index in [-0.39, 0.29) is 5.76 Å². The Kier molecular flexibility index (Phi) is 3.09. The van der Waals surface area contributed by atoms with E-state index in [4.69, 9.17) is 5.11 Å². The van der Waals surface area contributed by atoms with Gasteiger partial charge in [0, 0.05) is 6.42 Å². The average molecular weight is 178 g/mol. The van der Waals surface area contributed by atoms with Crippen LogP contribution in [-0.2, 0) is 11.2 Å². The van der Waals surface area contributed by atoms with Crippen molar-refractivity contribution >= 4 is 6.16 Å². The van der Waals surface area contributed by atoms with Gasteiger partial charge in [0.25, 0.3) is 0 Å². The minimum atomic E-state index is -1.32. The second-order valence-electron chi connectivity index (χ2n) is 2.57. The van der Waals surface area contributed by atoms with Gasteiger partial charge in [-0.25, -0.2) is 4.79 Å². The normalized spacial score (nSPS) is 9.23. The summed E-state index contributed by atoms with van der Waals surface area (Å²) in [5.41, 5.74) is 0.980. The van der Waals surface area contributed by atoms with Crippen LogP contribution in [0.4, 0.5) is 4.79 Å². The molecule has 3 nitrogen and oxygen atoms in total. The van der Waals surface area contributed by atoms with Crippen molar-refractivity contribution in [1.29, 1.82) is 0 Å². The Hall–Kier alpha value is -1.77. The number of ether oxygens (including phenoxy) is 1. The van der Waals surface area contributed by atoms with Crippen molar-refractivity contribution in [2.45, 2.75) is 6.42 Å². The van der Waals surface area contributed by atoms with Gasteiger partial charge in [-0.1, -0.05) is 36.9 Å². The smallest absolute Gasteiger partial charge is 0.449 e. The van der Waals surface area contributed by atoms with Gasteiger partial charge < -0.3 is 9.84 Å². The lowest BCUT2D eigenvalue weighted by Gasteiger charge is -2.03. The molecule has 1 aromatic rings. The van der Waals surface area contributed by atoms with E-state index in [0.29, 0.717) is 6.42 Å². The Labute approximate surface area is 76.3 Å². The monoisotopic (exact) mass is 178 g/mol. The highest BCUT2D eigenvalue weighted by atomic mass is 16.7.